The van der Waals surface area contributed by atoms with E-state index in [4.69, 9.17) is 4.43 Å². The Morgan fingerprint density at radius 3 is 2.48 bits per heavy atom. The minimum atomic E-state index is -2.13. The van der Waals surface area contributed by atoms with Crippen LogP contribution in [0.15, 0.2) is 36.4 Å². The molecule has 1 atom stereocenters. The zero-order valence-corrected chi connectivity index (χ0v) is 19.0. The first-order valence-corrected chi connectivity index (χ1v) is 13.3. The van der Waals surface area contributed by atoms with Crippen molar-refractivity contribution in [3.05, 3.63) is 42.0 Å². The second kappa shape index (κ2) is 8.74. The number of carbonyl (C=O) groups is 1. The number of unbranched alkanes of at least 4 members (excludes halogenated alkanes) is 4. The molecule has 1 aromatic carbocycles. The van der Waals surface area contributed by atoms with E-state index in [1.165, 1.54) is 25.7 Å². The average Bonchev–Trinajstić information content (AvgIpc) is 2.85. The minimum absolute atomic E-state index is 0.0239. The van der Waals surface area contributed by atoms with Crippen molar-refractivity contribution in [2.24, 2.45) is 0 Å². The molecule has 0 saturated carbocycles. The molecule has 27 heavy (non-hydrogen) atoms. The summed E-state index contributed by atoms with van der Waals surface area (Å²) in [7, 11) is -2.13. The van der Waals surface area contributed by atoms with Gasteiger partial charge in [0, 0.05) is 17.7 Å². The first-order valence-electron chi connectivity index (χ1n) is 10.4. The number of para-hydroxylation sites is 1. The number of allylic oxidation sites excluding steroid dienone is 1. The number of anilines is 1. The van der Waals surface area contributed by atoms with Crippen molar-refractivity contribution in [2.45, 2.75) is 90.0 Å². The summed E-state index contributed by atoms with van der Waals surface area (Å²) >= 11 is 0. The van der Waals surface area contributed by atoms with E-state index in [0.29, 0.717) is 6.42 Å². The zero-order valence-electron chi connectivity index (χ0n) is 18.0. The van der Waals surface area contributed by atoms with Crippen LogP contribution in [0.2, 0.25) is 18.1 Å². The quantitative estimate of drug-likeness (QED) is 0.288. The van der Waals surface area contributed by atoms with E-state index in [9.17, 15) is 4.79 Å². The lowest BCUT2D eigenvalue weighted by Crippen LogP contribution is -2.51. The molecular formula is C23H37NO2Si. The second-order valence-electron chi connectivity index (χ2n) is 9.21. The van der Waals surface area contributed by atoms with Gasteiger partial charge in [0.2, 0.25) is 0 Å². The van der Waals surface area contributed by atoms with E-state index in [1.54, 1.807) is 0 Å². The van der Waals surface area contributed by atoms with Gasteiger partial charge in [0.05, 0.1) is 0 Å². The molecule has 1 aliphatic heterocycles. The maximum Gasteiger partial charge on any atom is 0.260 e. The highest BCUT2D eigenvalue weighted by Crippen LogP contribution is 2.48. The molecule has 1 heterocycles. The molecule has 1 amide bonds. The molecule has 0 aromatic heterocycles. The van der Waals surface area contributed by atoms with Crippen molar-refractivity contribution in [3.8, 4) is 0 Å². The summed E-state index contributed by atoms with van der Waals surface area (Å²) < 4.78 is 6.81. The number of amides is 1. The molecule has 3 nitrogen and oxygen atoms in total. The number of hydrogen-bond acceptors (Lipinski definition) is 2. The van der Waals surface area contributed by atoms with Gasteiger partial charge in [-0.05, 0) is 37.0 Å². The van der Waals surface area contributed by atoms with Gasteiger partial charge in [-0.25, -0.2) is 0 Å². The molecule has 4 heteroatoms. The predicted molar refractivity (Wildman–Crippen MR) is 118 cm³/mol. The SMILES string of the molecule is CCCCCC/C=C/C[C@]1(O[Si](C)(C)C(C)(C)C)C(=O)Nc2ccccc21. The van der Waals surface area contributed by atoms with Crippen LogP contribution in [0.25, 0.3) is 0 Å². The van der Waals surface area contributed by atoms with Gasteiger partial charge in [0.25, 0.3) is 5.91 Å². The number of carbonyl (C=O) groups excluding carboxylic acids is 1. The van der Waals surface area contributed by atoms with Crippen molar-refractivity contribution in [3.63, 3.8) is 0 Å². The molecule has 0 bridgehead atoms. The van der Waals surface area contributed by atoms with E-state index in [0.717, 1.165) is 17.7 Å². The van der Waals surface area contributed by atoms with E-state index in [1.807, 2.05) is 24.3 Å². The topological polar surface area (TPSA) is 38.3 Å². The van der Waals surface area contributed by atoms with Crippen LogP contribution in [0.3, 0.4) is 0 Å². The number of fused-ring (bicyclic) bond motifs is 1. The Balaban J connectivity index is 2.26. The monoisotopic (exact) mass is 387 g/mol. The summed E-state index contributed by atoms with van der Waals surface area (Å²) in [5.74, 6) is -0.0239. The molecule has 0 unspecified atom stereocenters. The molecule has 0 radical (unpaired) electrons. The van der Waals surface area contributed by atoms with Crippen LogP contribution < -0.4 is 5.32 Å². The Morgan fingerprint density at radius 1 is 1.11 bits per heavy atom. The second-order valence-corrected chi connectivity index (χ2v) is 13.9. The molecule has 0 spiro atoms. The fourth-order valence-electron chi connectivity index (χ4n) is 3.28. The highest BCUT2D eigenvalue weighted by Gasteiger charge is 2.52. The number of rotatable bonds is 9. The molecule has 0 fully saturated rings. The molecule has 2 rings (SSSR count). The summed E-state index contributed by atoms with van der Waals surface area (Å²) in [6.07, 6.45) is 11.1. The summed E-state index contributed by atoms with van der Waals surface area (Å²) in [4.78, 5) is 13.1. The third kappa shape index (κ3) is 4.91. The third-order valence-corrected chi connectivity index (χ3v) is 10.5. The minimum Gasteiger partial charge on any atom is -0.399 e. The number of nitrogens with one attached hydrogen (secondary N) is 1. The van der Waals surface area contributed by atoms with Crippen LogP contribution in [0.4, 0.5) is 5.69 Å². The van der Waals surface area contributed by atoms with Crippen LogP contribution in [0, 0.1) is 0 Å². The Hall–Kier alpha value is -1.39. The Morgan fingerprint density at radius 2 is 1.81 bits per heavy atom. The maximum atomic E-state index is 13.1. The normalized spacial score (nSPS) is 20.1. The largest absolute Gasteiger partial charge is 0.399 e. The van der Waals surface area contributed by atoms with E-state index in [2.05, 4.69) is 58.3 Å². The summed E-state index contributed by atoms with van der Waals surface area (Å²) in [5.41, 5.74) is 0.965. The van der Waals surface area contributed by atoms with Gasteiger partial charge in [-0.1, -0.05) is 77.3 Å². The Bertz CT molecular complexity index is 675. The van der Waals surface area contributed by atoms with Crippen molar-refractivity contribution in [2.75, 3.05) is 5.32 Å². The molecule has 1 N–H and O–H groups in total. The van der Waals surface area contributed by atoms with Gasteiger partial charge in [-0.15, -0.1) is 0 Å². The first kappa shape index (κ1) is 21.9. The van der Waals surface area contributed by atoms with Gasteiger partial charge in [0.15, 0.2) is 13.9 Å². The zero-order chi connectivity index (χ0) is 20.1. The number of benzene rings is 1. The highest BCUT2D eigenvalue weighted by molar-refractivity contribution is 6.74. The van der Waals surface area contributed by atoms with Crippen molar-refractivity contribution >= 4 is 19.9 Å². The summed E-state index contributed by atoms with van der Waals surface area (Å²) in [5, 5.41) is 3.10. The van der Waals surface area contributed by atoms with E-state index in [-0.39, 0.29) is 10.9 Å². The molecule has 0 aliphatic carbocycles. The fourth-order valence-corrected chi connectivity index (χ4v) is 4.74. The summed E-state index contributed by atoms with van der Waals surface area (Å²) in [6, 6.07) is 7.97. The fraction of sp³-hybridized carbons (Fsp3) is 0.609. The van der Waals surface area contributed by atoms with Gasteiger partial charge in [-0.3, -0.25) is 4.79 Å². The van der Waals surface area contributed by atoms with Crippen LogP contribution in [0.1, 0.15) is 71.8 Å². The lowest BCUT2D eigenvalue weighted by Gasteiger charge is -2.43. The van der Waals surface area contributed by atoms with Gasteiger partial charge in [-0.2, -0.15) is 0 Å². The van der Waals surface area contributed by atoms with Gasteiger partial charge >= 0.3 is 0 Å². The Labute approximate surface area is 166 Å². The molecule has 0 saturated heterocycles. The van der Waals surface area contributed by atoms with Crippen molar-refractivity contribution < 1.29 is 9.22 Å². The lowest BCUT2D eigenvalue weighted by molar-refractivity contribution is -0.131. The highest BCUT2D eigenvalue weighted by atomic mass is 28.4. The van der Waals surface area contributed by atoms with Gasteiger partial charge < -0.3 is 9.74 Å². The van der Waals surface area contributed by atoms with Crippen molar-refractivity contribution in [1.82, 2.24) is 0 Å². The standard InChI is InChI=1S/C23H37NO2Si/c1-7-8-9-10-11-12-15-18-23(26-27(5,6)22(2,3)4)19-16-13-14-17-20(19)24-21(23)25/h12-17H,7-11,18H2,1-6H3,(H,24,25)/b15-12+/t23-/m1/s1. The van der Waals surface area contributed by atoms with Crippen molar-refractivity contribution in [1.29, 1.82) is 0 Å². The molecule has 150 valence electrons. The molecule has 1 aromatic rings. The Kier molecular flexibility index (Phi) is 7.09. The summed E-state index contributed by atoms with van der Waals surface area (Å²) in [6.45, 7) is 13.3. The molecule has 1 aliphatic rings. The number of hydrogen-bond donors (Lipinski definition) is 1. The van der Waals surface area contributed by atoms with Crippen LogP contribution >= 0.6 is 0 Å². The first-order chi connectivity index (χ1) is 12.6. The average molecular weight is 388 g/mol. The molecular weight excluding hydrogens is 350 g/mol. The van der Waals surface area contributed by atoms with E-state index >= 15 is 0 Å². The maximum absolute atomic E-state index is 13.1. The van der Waals surface area contributed by atoms with Crippen LogP contribution in [-0.4, -0.2) is 14.2 Å². The van der Waals surface area contributed by atoms with Crippen LogP contribution in [-0.2, 0) is 14.8 Å². The lowest BCUT2D eigenvalue weighted by atomic mass is 9.91. The third-order valence-electron chi connectivity index (χ3n) is 6.01. The predicted octanol–water partition coefficient (Wildman–Crippen LogP) is 6.77. The van der Waals surface area contributed by atoms with E-state index < -0.39 is 13.9 Å². The van der Waals surface area contributed by atoms with Crippen LogP contribution in [0.5, 0.6) is 0 Å². The smallest absolute Gasteiger partial charge is 0.260 e. The van der Waals surface area contributed by atoms with Gasteiger partial charge in [0.1, 0.15) is 0 Å².